The molecule has 0 amide bonds. The van der Waals surface area contributed by atoms with Crippen molar-refractivity contribution in [2.24, 2.45) is 0 Å². The number of aromatic nitrogens is 2. The molecule has 1 aromatic carbocycles. The molecule has 0 saturated heterocycles. The lowest BCUT2D eigenvalue weighted by molar-refractivity contribution is 0.0527. The number of methoxy groups -OCH3 is 1. The normalized spacial score (nSPS) is 10.8. The van der Waals surface area contributed by atoms with Gasteiger partial charge in [0.15, 0.2) is 5.56 Å². The van der Waals surface area contributed by atoms with Crippen LogP contribution in [0.3, 0.4) is 0 Å². The fraction of sp³-hybridized carbons (Fsp3) is 0.222. The third kappa shape index (κ3) is 2.78. The van der Waals surface area contributed by atoms with E-state index in [9.17, 15) is 9.59 Å². The first-order valence-corrected chi connectivity index (χ1v) is 7.66. The number of rotatable bonds is 5. The lowest BCUT2D eigenvalue weighted by Gasteiger charge is -2.07. The average molecular weight is 326 g/mol. The zero-order chi connectivity index (χ0) is 17.1. The van der Waals surface area contributed by atoms with E-state index in [1.807, 2.05) is 30.3 Å². The van der Waals surface area contributed by atoms with Crippen molar-refractivity contribution in [2.75, 3.05) is 13.7 Å². The number of fused-ring (bicyclic) bond motifs is 1. The summed E-state index contributed by atoms with van der Waals surface area (Å²) in [5, 5.41) is 0. The van der Waals surface area contributed by atoms with E-state index in [1.54, 1.807) is 36.9 Å². The number of carbonyl (C=O) groups is 1. The fourth-order valence-corrected chi connectivity index (χ4v) is 2.63. The predicted molar refractivity (Wildman–Crippen MR) is 89.7 cm³/mol. The summed E-state index contributed by atoms with van der Waals surface area (Å²) >= 11 is 0. The molecule has 0 fully saturated rings. The van der Waals surface area contributed by atoms with Gasteiger partial charge >= 0.3 is 5.97 Å². The summed E-state index contributed by atoms with van der Waals surface area (Å²) < 4.78 is 13.4. The minimum atomic E-state index is -0.598. The topological polar surface area (TPSA) is 61.9 Å². The third-order valence-corrected chi connectivity index (χ3v) is 3.77. The predicted octanol–water partition coefficient (Wildman–Crippen LogP) is 2.33. The molecule has 2 aromatic heterocycles. The Kier molecular flexibility index (Phi) is 4.37. The van der Waals surface area contributed by atoms with Gasteiger partial charge < -0.3 is 9.47 Å². The van der Waals surface area contributed by atoms with Crippen molar-refractivity contribution < 1.29 is 14.3 Å². The third-order valence-electron chi connectivity index (χ3n) is 3.77. The summed E-state index contributed by atoms with van der Waals surface area (Å²) in [5.41, 5.74) is 1.16. The van der Waals surface area contributed by atoms with Gasteiger partial charge in [-0.25, -0.2) is 9.48 Å². The summed E-state index contributed by atoms with van der Waals surface area (Å²) in [6.45, 7) is 2.28. The highest BCUT2D eigenvalue weighted by molar-refractivity contribution is 5.96. The van der Waals surface area contributed by atoms with Gasteiger partial charge in [-0.05, 0) is 36.8 Å². The van der Waals surface area contributed by atoms with Crippen LogP contribution in [0.4, 0.5) is 0 Å². The van der Waals surface area contributed by atoms with Crippen LogP contribution in [0, 0.1) is 0 Å². The number of benzene rings is 1. The lowest BCUT2D eigenvalue weighted by atomic mass is 10.2. The molecule has 6 nitrogen and oxygen atoms in total. The minimum absolute atomic E-state index is 0.0611. The van der Waals surface area contributed by atoms with Gasteiger partial charge in [-0.1, -0.05) is 18.2 Å². The molecule has 0 aliphatic rings. The Labute approximate surface area is 138 Å². The van der Waals surface area contributed by atoms with Gasteiger partial charge in [-0.3, -0.25) is 9.31 Å². The molecular formula is C18H18N2O4. The summed E-state index contributed by atoms with van der Waals surface area (Å²) in [6.07, 6.45) is 1.75. The average Bonchev–Trinajstić information content (AvgIpc) is 2.88. The molecule has 6 heteroatoms. The molecule has 3 aromatic rings. The summed E-state index contributed by atoms with van der Waals surface area (Å²) in [5.74, 6) is 0.151. The maximum absolute atomic E-state index is 12.7. The van der Waals surface area contributed by atoms with Gasteiger partial charge in [0, 0.05) is 6.20 Å². The van der Waals surface area contributed by atoms with Crippen molar-refractivity contribution in [3.63, 3.8) is 0 Å². The Morgan fingerprint density at radius 1 is 1.12 bits per heavy atom. The number of ether oxygens (including phenoxy) is 2. The maximum Gasteiger partial charge on any atom is 0.346 e. The second kappa shape index (κ2) is 6.62. The van der Waals surface area contributed by atoms with E-state index in [2.05, 4.69) is 0 Å². The first-order valence-electron chi connectivity index (χ1n) is 7.66. The number of carbonyl (C=O) groups excluding carboxylic acids is 1. The molecule has 0 saturated carbocycles. The second-order valence-corrected chi connectivity index (χ2v) is 5.24. The van der Waals surface area contributed by atoms with Crippen molar-refractivity contribution in [1.82, 2.24) is 9.20 Å². The zero-order valence-electron chi connectivity index (χ0n) is 13.6. The summed E-state index contributed by atoms with van der Waals surface area (Å²) in [4.78, 5) is 24.9. The Hall–Kier alpha value is -3.02. The Morgan fingerprint density at radius 3 is 2.54 bits per heavy atom. The van der Waals surface area contributed by atoms with Crippen molar-refractivity contribution in [3.8, 4) is 5.75 Å². The van der Waals surface area contributed by atoms with E-state index in [1.165, 1.54) is 4.68 Å². The van der Waals surface area contributed by atoms with Crippen molar-refractivity contribution in [3.05, 3.63) is 70.1 Å². The Bertz CT molecular complexity index is 922. The van der Waals surface area contributed by atoms with E-state index in [4.69, 9.17) is 9.47 Å². The second-order valence-electron chi connectivity index (χ2n) is 5.24. The standard InChI is InChI=1S/C18H18N2O4/c1-3-24-18(22)16-15-6-4-5-11-19(15)20(17(16)21)12-13-7-9-14(23-2)10-8-13/h4-11H,3,12H2,1-2H3. The van der Waals surface area contributed by atoms with Crippen LogP contribution in [-0.4, -0.2) is 28.9 Å². The molecule has 2 heterocycles. The number of esters is 1. The van der Waals surface area contributed by atoms with E-state index >= 15 is 0 Å². The van der Waals surface area contributed by atoms with Crippen LogP contribution in [0.2, 0.25) is 0 Å². The minimum Gasteiger partial charge on any atom is -0.497 e. The monoisotopic (exact) mass is 326 g/mol. The lowest BCUT2D eigenvalue weighted by Crippen LogP contribution is -2.24. The van der Waals surface area contributed by atoms with E-state index in [0.29, 0.717) is 12.1 Å². The van der Waals surface area contributed by atoms with Crippen molar-refractivity contribution in [2.45, 2.75) is 13.5 Å². The number of hydrogen-bond acceptors (Lipinski definition) is 4. The molecule has 0 radical (unpaired) electrons. The smallest absolute Gasteiger partial charge is 0.346 e. The molecule has 0 bridgehead atoms. The van der Waals surface area contributed by atoms with Gasteiger partial charge in [-0.2, -0.15) is 0 Å². The number of pyridine rings is 1. The van der Waals surface area contributed by atoms with Gasteiger partial charge in [-0.15, -0.1) is 0 Å². The molecule has 0 aliphatic carbocycles. The highest BCUT2D eigenvalue weighted by Gasteiger charge is 2.21. The highest BCUT2D eigenvalue weighted by Crippen LogP contribution is 2.14. The van der Waals surface area contributed by atoms with Gasteiger partial charge in [0.25, 0.3) is 5.56 Å². The SMILES string of the molecule is CCOC(=O)c1c(=O)n(Cc2ccc(OC)cc2)n2ccccc12. The van der Waals surface area contributed by atoms with E-state index < -0.39 is 5.97 Å². The van der Waals surface area contributed by atoms with Gasteiger partial charge in [0.05, 0.1) is 25.8 Å². The number of nitrogens with zero attached hydrogens (tertiary/aromatic N) is 2. The highest BCUT2D eigenvalue weighted by atomic mass is 16.5. The van der Waals surface area contributed by atoms with Crippen molar-refractivity contribution in [1.29, 1.82) is 0 Å². The molecule has 0 spiro atoms. The molecule has 24 heavy (non-hydrogen) atoms. The molecule has 3 rings (SSSR count). The Balaban J connectivity index is 2.08. The largest absolute Gasteiger partial charge is 0.497 e. The maximum atomic E-state index is 12.7. The molecule has 0 aliphatic heterocycles. The summed E-state index contributed by atoms with van der Waals surface area (Å²) in [6, 6.07) is 12.8. The molecule has 0 atom stereocenters. The summed E-state index contributed by atoms with van der Waals surface area (Å²) in [7, 11) is 1.60. The van der Waals surface area contributed by atoms with Gasteiger partial charge in [0.1, 0.15) is 5.75 Å². The van der Waals surface area contributed by atoms with Crippen LogP contribution in [-0.2, 0) is 11.3 Å². The number of hydrogen-bond donors (Lipinski definition) is 0. The van der Waals surface area contributed by atoms with Crippen LogP contribution >= 0.6 is 0 Å². The zero-order valence-corrected chi connectivity index (χ0v) is 13.6. The Morgan fingerprint density at radius 2 is 1.88 bits per heavy atom. The fourth-order valence-electron chi connectivity index (χ4n) is 2.63. The first kappa shape index (κ1) is 15.9. The van der Waals surface area contributed by atoms with Crippen LogP contribution in [0.5, 0.6) is 5.75 Å². The quantitative estimate of drug-likeness (QED) is 0.675. The molecule has 0 N–H and O–H groups in total. The first-order chi connectivity index (χ1) is 11.7. The molecule has 0 unspecified atom stereocenters. The van der Waals surface area contributed by atoms with Crippen LogP contribution in [0.15, 0.2) is 53.5 Å². The van der Waals surface area contributed by atoms with E-state index in [0.717, 1.165) is 11.3 Å². The van der Waals surface area contributed by atoms with Gasteiger partial charge in [0.2, 0.25) is 0 Å². The van der Waals surface area contributed by atoms with E-state index in [-0.39, 0.29) is 17.7 Å². The molecular weight excluding hydrogens is 308 g/mol. The molecule has 124 valence electrons. The van der Waals surface area contributed by atoms with Crippen molar-refractivity contribution >= 4 is 11.5 Å². The van der Waals surface area contributed by atoms with Crippen LogP contribution in [0.25, 0.3) is 5.52 Å². The van der Waals surface area contributed by atoms with Crippen LogP contribution in [0.1, 0.15) is 22.8 Å². The van der Waals surface area contributed by atoms with Crippen LogP contribution < -0.4 is 10.3 Å².